The van der Waals surface area contributed by atoms with Gasteiger partial charge in [0.05, 0.1) is 17.2 Å². The van der Waals surface area contributed by atoms with Gasteiger partial charge in [0.15, 0.2) is 0 Å². The zero-order chi connectivity index (χ0) is 14.5. The molecule has 0 aromatic heterocycles. The van der Waals surface area contributed by atoms with Gasteiger partial charge in [0.25, 0.3) is 5.91 Å². The van der Waals surface area contributed by atoms with Crippen LogP contribution in [0.5, 0.6) is 0 Å². The van der Waals surface area contributed by atoms with Crippen LogP contribution in [0, 0.1) is 17.1 Å². The van der Waals surface area contributed by atoms with Gasteiger partial charge in [0.1, 0.15) is 5.82 Å². The summed E-state index contributed by atoms with van der Waals surface area (Å²) in [4.78, 5) is 11.9. The molecular weight excluding hydrogens is 257 g/mol. The number of nitrogens with two attached hydrogens (primary N) is 1. The lowest BCUT2D eigenvalue weighted by molar-refractivity contribution is 0.0951. The van der Waals surface area contributed by atoms with Crippen molar-refractivity contribution in [3.8, 4) is 6.07 Å². The molecule has 2 aromatic rings. The van der Waals surface area contributed by atoms with E-state index >= 15 is 0 Å². The van der Waals surface area contributed by atoms with Crippen molar-refractivity contribution in [2.24, 2.45) is 0 Å². The summed E-state index contributed by atoms with van der Waals surface area (Å²) in [6, 6.07) is 12.5. The zero-order valence-corrected chi connectivity index (χ0v) is 10.6. The summed E-state index contributed by atoms with van der Waals surface area (Å²) in [6.07, 6.45) is 0. The van der Waals surface area contributed by atoms with E-state index in [1.165, 1.54) is 12.1 Å². The molecule has 0 unspecified atom stereocenters. The molecule has 1 amide bonds. The normalized spacial score (nSPS) is 9.80. The van der Waals surface area contributed by atoms with Crippen LogP contribution in [0.3, 0.4) is 0 Å². The largest absolute Gasteiger partial charge is 0.398 e. The topological polar surface area (TPSA) is 78.9 Å². The highest BCUT2D eigenvalue weighted by Gasteiger charge is 2.10. The van der Waals surface area contributed by atoms with Crippen molar-refractivity contribution >= 4 is 11.6 Å². The highest BCUT2D eigenvalue weighted by molar-refractivity contribution is 5.99. The molecule has 0 saturated carbocycles. The first kappa shape index (κ1) is 13.6. The maximum Gasteiger partial charge on any atom is 0.253 e. The van der Waals surface area contributed by atoms with E-state index in [1.54, 1.807) is 24.3 Å². The number of benzene rings is 2. The monoisotopic (exact) mass is 269 g/mol. The van der Waals surface area contributed by atoms with Gasteiger partial charge >= 0.3 is 0 Å². The van der Waals surface area contributed by atoms with Gasteiger partial charge < -0.3 is 11.1 Å². The van der Waals surface area contributed by atoms with Crippen molar-refractivity contribution in [3.63, 3.8) is 0 Å². The highest BCUT2D eigenvalue weighted by atomic mass is 19.1. The lowest BCUT2D eigenvalue weighted by Gasteiger charge is -2.08. The molecule has 100 valence electrons. The number of carbonyl (C=O) groups excluding carboxylic acids is 1. The smallest absolute Gasteiger partial charge is 0.253 e. The molecule has 2 aromatic carbocycles. The van der Waals surface area contributed by atoms with Gasteiger partial charge in [0, 0.05) is 12.2 Å². The molecule has 2 rings (SSSR count). The van der Waals surface area contributed by atoms with Crippen LogP contribution >= 0.6 is 0 Å². The Morgan fingerprint density at radius 3 is 2.60 bits per heavy atom. The molecule has 0 radical (unpaired) electrons. The summed E-state index contributed by atoms with van der Waals surface area (Å²) in [5.41, 5.74) is 7.36. The van der Waals surface area contributed by atoms with Crippen molar-refractivity contribution in [2.45, 2.75) is 6.54 Å². The lowest BCUT2D eigenvalue weighted by Crippen LogP contribution is -2.23. The van der Waals surface area contributed by atoms with Crippen molar-refractivity contribution in [3.05, 3.63) is 65.0 Å². The average molecular weight is 269 g/mol. The Bertz CT molecular complexity index is 675. The van der Waals surface area contributed by atoms with E-state index in [1.807, 2.05) is 6.07 Å². The highest BCUT2D eigenvalue weighted by Crippen LogP contribution is 2.13. The quantitative estimate of drug-likeness (QED) is 0.838. The SMILES string of the molecule is N#Cc1ccc(CNC(=O)c2cc(F)ccc2N)cc1. The number of nitrogen functional groups attached to an aromatic ring is 1. The minimum absolute atomic E-state index is 0.110. The van der Waals surface area contributed by atoms with Crippen LogP contribution in [-0.4, -0.2) is 5.91 Å². The molecule has 3 N–H and O–H groups in total. The van der Waals surface area contributed by atoms with E-state index in [9.17, 15) is 9.18 Å². The second kappa shape index (κ2) is 5.85. The average Bonchev–Trinajstić information content (AvgIpc) is 2.47. The van der Waals surface area contributed by atoms with Crippen molar-refractivity contribution in [1.82, 2.24) is 5.32 Å². The Kier molecular flexibility index (Phi) is 3.96. The van der Waals surface area contributed by atoms with E-state index in [0.29, 0.717) is 5.56 Å². The molecule has 0 bridgehead atoms. The molecule has 20 heavy (non-hydrogen) atoms. The molecule has 0 fully saturated rings. The minimum atomic E-state index is -0.511. The Balaban J connectivity index is 2.04. The summed E-state index contributed by atoms with van der Waals surface area (Å²) >= 11 is 0. The molecule has 5 heteroatoms. The summed E-state index contributed by atoms with van der Waals surface area (Å²) in [5.74, 6) is -0.950. The second-order valence-electron chi connectivity index (χ2n) is 4.22. The lowest BCUT2D eigenvalue weighted by atomic mass is 10.1. The van der Waals surface area contributed by atoms with Crippen LogP contribution in [0.15, 0.2) is 42.5 Å². The van der Waals surface area contributed by atoms with Gasteiger partial charge in [-0.15, -0.1) is 0 Å². The fourth-order valence-corrected chi connectivity index (χ4v) is 1.70. The molecule has 0 spiro atoms. The third kappa shape index (κ3) is 3.12. The Morgan fingerprint density at radius 1 is 1.25 bits per heavy atom. The second-order valence-corrected chi connectivity index (χ2v) is 4.22. The molecule has 0 atom stereocenters. The maximum absolute atomic E-state index is 13.1. The van der Waals surface area contributed by atoms with E-state index in [2.05, 4.69) is 5.32 Å². The van der Waals surface area contributed by atoms with E-state index in [4.69, 9.17) is 11.0 Å². The van der Waals surface area contributed by atoms with Crippen molar-refractivity contribution in [1.29, 1.82) is 5.26 Å². The Morgan fingerprint density at radius 2 is 1.95 bits per heavy atom. The Labute approximate surface area is 115 Å². The fourth-order valence-electron chi connectivity index (χ4n) is 1.70. The number of nitrogens with zero attached hydrogens (tertiary/aromatic N) is 1. The first-order chi connectivity index (χ1) is 9.60. The molecule has 0 saturated heterocycles. The third-order valence-electron chi connectivity index (χ3n) is 2.80. The van der Waals surface area contributed by atoms with Gasteiger partial charge in [-0.1, -0.05) is 12.1 Å². The first-order valence-electron chi connectivity index (χ1n) is 5.92. The standard InChI is InChI=1S/C15H12FN3O/c16-12-5-6-14(18)13(7-12)15(20)19-9-11-3-1-10(8-17)2-4-11/h1-7H,9,18H2,(H,19,20). The van der Waals surface area contributed by atoms with Crippen molar-refractivity contribution in [2.75, 3.05) is 5.73 Å². The van der Waals surface area contributed by atoms with Gasteiger partial charge in [-0.2, -0.15) is 5.26 Å². The molecule has 0 aliphatic carbocycles. The summed E-state index contributed by atoms with van der Waals surface area (Å²) in [6.45, 7) is 0.278. The number of amides is 1. The summed E-state index contributed by atoms with van der Waals surface area (Å²) in [5, 5.41) is 11.3. The number of nitrogens with one attached hydrogen (secondary N) is 1. The molecular formula is C15H12FN3O. The van der Waals surface area contributed by atoms with Gasteiger partial charge in [-0.05, 0) is 35.9 Å². The number of nitriles is 1. The van der Waals surface area contributed by atoms with Gasteiger partial charge in [-0.3, -0.25) is 4.79 Å². The van der Waals surface area contributed by atoms with Crippen LogP contribution in [0.4, 0.5) is 10.1 Å². The number of halogens is 1. The van der Waals surface area contributed by atoms with E-state index < -0.39 is 11.7 Å². The zero-order valence-electron chi connectivity index (χ0n) is 10.6. The number of hydrogen-bond donors (Lipinski definition) is 2. The van der Waals surface area contributed by atoms with Crippen molar-refractivity contribution < 1.29 is 9.18 Å². The predicted octanol–water partition coefficient (Wildman–Crippen LogP) is 2.21. The third-order valence-corrected chi connectivity index (χ3v) is 2.80. The first-order valence-corrected chi connectivity index (χ1v) is 5.92. The van der Waals surface area contributed by atoms with Crippen LogP contribution in [0.2, 0.25) is 0 Å². The molecule has 0 aliphatic rings. The number of anilines is 1. The van der Waals surface area contributed by atoms with Gasteiger partial charge in [0.2, 0.25) is 0 Å². The fraction of sp³-hybridized carbons (Fsp3) is 0.0667. The number of carbonyl (C=O) groups is 1. The van der Waals surface area contributed by atoms with Crippen LogP contribution in [0.1, 0.15) is 21.5 Å². The van der Waals surface area contributed by atoms with Crippen LogP contribution in [0.25, 0.3) is 0 Å². The molecule has 4 nitrogen and oxygen atoms in total. The number of hydrogen-bond acceptors (Lipinski definition) is 3. The minimum Gasteiger partial charge on any atom is -0.398 e. The molecule has 0 aliphatic heterocycles. The predicted molar refractivity (Wildman–Crippen MR) is 73.1 cm³/mol. The molecule has 0 heterocycles. The Hall–Kier alpha value is -2.87. The van der Waals surface area contributed by atoms with Crippen LogP contribution in [-0.2, 0) is 6.54 Å². The van der Waals surface area contributed by atoms with Crippen LogP contribution < -0.4 is 11.1 Å². The summed E-state index contributed by atoms with van der Waals surface area (Å²) in [7, 11) is 0. The maximum atomic E-state index is 13.1. The van der Waals surface area contributed by atoms with E-state index in [-0.39, 0.29) is 17.8 Å². The van der Waals surface area contributed by atoms with Gasteiger partial charge in [-0.25, -0.2) is 4.39 Å². The summed E-state index contributed by atoms with van der Waals surface area (Å²) < 4.78 is 13.1. The van der Waals surface area contributed by atoms with E-state index in [0.717, 1.165) is 11.6 Å². The number of rotatable bonds is 3.